The number of hydrazone groups is 1. The Hall–Kier alpha value is -3.35. The van der Waals surface area contributed by atoms with Gasteiger partial charge in [0, 0.05) is 10.0 Å². The van der Waals surface area contributed by atoms with Gasteiger partial charge in [-0.05, 0) is 72.3 Å². The van der Waals surface area contributed by atoms with E-state index in [0.29, 0.717) is 32.7 Å². The smallest absolute Gasteiger partial charge is 0.343 e. The molecule has 0 aromatic heterocycles. The minimum absolute atomic E-state index is 0.183. The van der Waals surface area contributed by atoms with E-state index >= 15 is 0 Å². The van der Waals surface area contributed by atoms with E-state index in [1.807, 2.05) is 0 Å². The molecular formula is C22H16Cl2N2O4. The van der Waals surface area contributed by atoms with E-state index < -0.39 is 11.9 Å². The van der Waals surface area contributed by atoms with Crippen LogP contribution in [0.5, 0.6) is 11.5 Å². The second kappa shape index (κ2) is 10.4. The number of carbonyl (C=O) groups is 2. The van der Waals surface area contributed by atoms with Gasteiger partial charge in [0.05, 0.1) is 11.8 Å². The van der Waals surface area contributed by atoms with E-state index in [1.54, 1.807) is 66.7 Å². The predicted octanol–water partition coefficient (Wildman–Crippen LogP) is 4.74. The maximum Gasteiger partial charge on any atom is 0.343 e. The van der Waals surface area contributed by atoms with Crippen molar-refractivity contribution in [2.24, 2.45) is 5.10 Å². The zero-order valence-electron chi connectivity index (χ0n) is 15.5. The summed E-state index contributed by atoms with van der Waals surface area (Å²) in [6.45, 7) is -0.183. The van der Waals surface area contributed by atoms with Gasteiger partial charge in [0.15, 0.2) is 6.61 Å². The van der Waals surface area contributed by atoms with Crippen LogP contribution in [0, 0.1) is 0 Å². The first-order valence-corrected chi connectivity index (χ1v) is 9.53. The molecule has 0 saturated heterocycles. The van der Waals surface area contributed by atoms with Crippen molar-refractivity contribution in [3.05, 3.63) is 94.0 Å². The lowest BCUT2D eigenvalue weighted by molar-refractivity contribution is -0.123. The maximum absolute atomic E-state index is 12.1. The van der Waals surface area contributed by atoms with E-state index in [4.69, 9.17) is 32.7 Å². The predicted molar refractivity (Wildman–Crippen MR) is 116 cm³/mol. The molecule has 0 atom stereocenters. The Balaban J connectivity index is 1.46. The monoisotopic (exact) mass is 442 g/mol. The lowest BCUT2D eigenvalue weighted by atomic mass is 10.2. The van der Waals surface area contributed by atoms with E-state index in [1.165, 1.54) is 12.3 Å². The summed E-state index contributed by atoms with van der Waals surface area (Å²) in [6.07, 6.45) is 1.46. The first kappa shape index (κ1) is 21.4. The first-order chi connectivity index (χ1) is 14.5. The van der Waals surface area contributed by atoms with Crippen LogP contribution in [0.15, 0.2) is 77.9 Å². The molecule has 3 aromatic carbocycles. The molecule has 0 saturated carbocycles. The Bertz CT molecular complexity index is 1050. The average molecular weight is 443 g/mol. The van der Waals surface area contributed by atoms with Crippen LogP contribution in [0.1, 0.15) is 15.9 Å². The lowest BCUT2D eigenvalue weighted by Gasteiger charge is -2.05. The molecule has 0 bridgehead atoms. The molecule has 0 radical (unpaired) electrons. The third-order valence-corrected chi connectivity index (χ3v) is 4.22. The molecule has 0 aliphatic heterocycles. The van der Waals surface area contributed by atoms with E-state index in [2.05, 4.69) is 10.5 Å². The molecule has 6 nitrogen and oxygen atoms in total. The number of hydrogen-bond donors (Lipinski definition) is 1. The van der Waals surface area contributed by atoms with Crippen LogP contribution in [0.2, 0.25) is 10.0 Å². The summed E-state index contributed by atoms with van der Waals surface area (Å²) in [6, 6.07) is 19.8. The van der Waals surface area contributed by atoms with Gasteiger partial charge in [0.2, 0.25) is 0 Å². The summed E-state index contributed by atoms with van der Waals surface area (Å²) < 4.78 is 10.6. The summed E-state index contributed by atoms with van der Waals surface area (Å²) in [5, 5.41) is 4.91. The van der Waals surface area contributed by atoms with Crippen LogP contribution >= 0.6 is 23.2 Å². The maximum atomic E-state index is 12.1. The first-order valence-electron chi connectivity index (χ1n) is 8.78. The molecule has 0 aliphatic rings. The molecule has 0 spiro atoms. The number of hydrogen-bond acceptors (Lipinski definition) is 5. The van der Waals surface area contributed by atoms with Crippen molar-refractivity contribution in [1.82, 2.24) is 5.43 Å². The molecule has 0 unspecified atom stereocenters. The van der Waals surface area contributed by atoms with Crippen LogP contribution in [0.25, 0.3) is 0 Å². The molecule has 0 aliphatic carbocycles. The van der Waals surface area contributed by atoms with Gasteiger partial charge in [-0.15, -0.1) is 0 Å². The van der Waals surface area contributed by atoms with Gasteiger partial charge in [-0.1, -0.05) is 29.3 Å². The van der Waals surface area contributed by atoms with Crippen molar-refractivity contribution in [2.45, 2.75) is 0 Å². The SMILES string of the molecule is O=C(COc1ccc(Cl)cc1)N/N=C\c1ccc(OC(=O)c2cccc(Cl)c2)cc1. The van der Waals surface area contributed by atoms with Crippen LogP contribution in [-0.2, 0) is 4.79 Å². The Kier molecular flexibility index (Phi) is 7.43. The van der Waals surface area contributed by atoms with Crippen molar-refractivity contribution in [2.75, 3.05) is 6.61 Å². The number of benzene rings is 3. The highest BCUT2D eigenvalue weighted by atomic mass is 35.5. The highest BCUT2D eigenvalue weighted by Gasteiger charge is 2.08. The normalized spacial score (nSPS) is 10.6. The number of nitrogens with zero attached hydrogens (tertiary/aromatic N) is 1. The second-order valence-electron chi connectivity index (χ2n) is 6.00. The number of ether oxygens (including phenoxy) is 2. The van der Waals surface area contributed by atoms with Gasteiger partial charge in [0.25, 0.3) is 5.91 Å². The van der Waals surface area contributed by atoms with E-state index in [9.17, 15) is 9.59 Å². The summed E-state index contributed by atoms with van der Waals surface area (Å²) in [4.78, 5) is 23.9. The molecule has 3 aromatic rings. The largest absolute Gasteiger partial charge is 0.484 e. The second-order valence-corrected chi connectivity index (χ2v) is 6.88. The zero-order chi connectivity index (χ0) is 21.3. The molecule has 1 amide bonds. The van der Waals surface area contributed by atoms with Gasteiger partial charge in [0.1, 0.15) is 11.5 Å². The molecule has 1 N–H and O–H groups in total. The van der Waals surface area contributed by atoms with Crippen LogP contribution < -0.4 is 14.9 Å². The fourth-order valence-electron chi connectivity index (χ4n) is 2.29. The summed E-state index contributed by atoms with van der Waals surface area (Å²) >= 11 is 11.7. The molecule has 152 valence electrons. The molecule has 0 fully saturated rings. The molecule has 0 heterocycles. The Labute approximate surface area is 183 Å². The van der Waals surface area contributed by atoms with Gasteiger partial charge in [-0.3, -0.25) is 4.79 Å². The van der Waals surface area contributed by atoms with Crippen molar-refractivity contribution < 1.29 is 19.1 Å². The van der Waals surface area contributed by atoms with Crippen molar-refractivity contribution in [3.63, 3.8) is 0 Å². The van der Waals surface area contributed by atoms with E-state index in [-0.39, 0.29) is 6.61 Å². The van der Waals surface area contributed by atoms with Gasteiger partial charge < -0.3 is 9.47 Å². The van der Waals surface area contributed by atoms with Gasteiger partial charge >= 0.3 is 5.97 Å². The van der Waals surface area contributed by atoms with E-state index in [0.717, 1.165) is 0 Å². The molecule has 30 heavy (non-hydrogen) atoms. The van der Waals surface area contributed by atoms with Crippen LogP contribution in [0.3, 0.4) is 0 Å². The van der Waals surface area contributed by atoms with Crippen molar-refractivity contribution in [3.8, 4) is 11.5 Å². The van der Waals surface area contributed by atoms with Gasteiger partial charge in [-0.25, -0.2) is 10.2 Å². The molecular weight excluding hydrogens is 427 g/mol. The summed E-state index contributed by atoms with van der Waals surface area (Å²) in [5.74, 6) is -0.0147. The minimum Gasteiger partial charge on any atom is -0.484 e. The number of nitrogens with one attached hydrogen (secondary N) is 1. The average Bonchev–Trinajstić information content (AvgIpc) is 2.74. The fraction of sp³-hybridized carbons (Fsp3) is 0.0455. The highest BCUT2D eigenvalue weighted by molar-refractivity contribution is 6.31. The number of carbonyl (C=O) groups excluding carboxylic acids is 2. The fourth-order valence-corrected chi connectivity index (χ4v) is 2.61. The standard InChI is InChI=1S/C22H16Cl2N2O4/c23-17-6-10-19(11-7-17)29-14-21(27)26-25-13-15-4-8-20(9-5-15)30-22(28)16-2-1-3-18(24)12-16/h1-13H,14H2,(H,26,27)/b25-13-. The zero-order valence-corrected chi connectivity index (χ0v) is 17.1. The van der Waals surface area contributed by atoms with Crippen molar-refractivity contribution in [1.29, 1.82) is 0 Å². The third-order valence-electron chi connectivity index (χ3n) is 3.74. The number of rotatable bonds is 7. The van der Waals surface area contributed by atoms with Crippen LogP contribution in [-0.4, -0.2) is 24.7 Å². The Morgan fingerprint density at radius 3 is 2.30 bits per heavy atom. The minimum atomic E-state index is -0.508. The van der Waals surface area contributed by atoms with Crippen LogP contribution in [0.4, 0.5) is 0 Å². The summed E-state index contributed by atoms with van der Waals surface area (Å²) in [7, 11) is 0. The topological polar surface area (TPSA) is 77.0 Å². The number of amides is 1. The number of esters is 1. The quantitative estimate of drug-likeness (QED) is 0.248. The Morgan fingerprint density at radius 2 is 1.60 bits per heavy atom. The Morgan fingerprint density at radius 1 is 0.900 bits per heavy atom. The molecule has 3 rings (SSSR count). The highest BCUT2D eigenvalue weighted by Crippen LogP contribution is 2.16. The number of halogens is 2. The van der Waals surface area contributed by atoms with Crippen molar-refractivity contribution >= 4 is 41.3 Å². The molecule has 8 heteroatoms. The third kappa shape index (κ3) is 6.62. The lowest BCUT2D eigenvalue weighted by Crippen LogP contribution is -2.24. The van der Waals surface area contributed by atoms with Gasteiger partial charge in [-0.2, -0.15) is 5.10 Å². The summed E-state index contributed by atoms with van der Waals surface area (Å²) in [5.41, 5.74) is 3.43.